The second kappa shape index (κ2) is 12.8. The summed E-state index contributed by atoms with van der Waals surface area (Å²) >= 11 is 0. The second-order valence-corrected chi connectivity index (χ2v) is 11.9. The molecule has 1 fully saturated rings. The average Bonchev–Trinajstić information content (AvgIpc) is 3.00. The predicted octanol–water partition coefficient (Wildman–Crippen LogP) is 5.92. The lowest BCUT2D eigenvalue weighted by molar-refractivity contribution is 0.0137. The van der Waals surface area contributed by atoms with Crippen molar-refractivity contribution in [1.29, 1.82) is 0 Å². The first kappa shape index (κ1) is 30.0. The van der Waals surface area contributed by atoms with E-state index in [0.717, 1.165) is 5.56 Å². The molecule has 5 rings (SSSR count). The summed E-state index contributed by atoms with van der Waals surface area (Å²) in [6, 6.07) is 26.5. The number of nitrogens with zero attached hydrogens (tertiary/aromatic N) is 3. The molecule has 0 spiro atoms. The Morgan fingerprint density at radius 3 is 2.02 bits per heavy atom. The molecule has 43 heavy (non-hydrogen) atoms. The Labute approximate surface area is 252 Å². The number of benzene rings is 3. The van der Waals surface area contributed by atoms with Crippen LogP contribution >= 0.6 is 0 Å². The van der Waals surface area contributed by atoms with E-state index in [9.17, 15) is 14.4 Å². The molecule has 224 valence electrons. The summed E-state index contributed by atoms with van der Waals surface area (Å²) in [5.74, 6) is -0.223. The maximum atomic E-state index is 14.3. The fraction of sp³-hybridized carbons (Fsp3) is 0.343. The zero-order valence-corrected chi connectivity index (χ0v) is 25.4. The van der Waals surface area contributed by atoms with Crippen LogP contribution in [-0.2, 0) is 11.3 Å². The first-order valence-corrected chi connectivity index (χ1v) is 14.9. The highest BCUT2D eigenvalue weighted by molar-refractivity contribution is 6.08. The summed E-state index contributed by atoms with van der Waals surface area (Å²) in [6.45, 7) is 10.1. The van der Waals surface area contributed by atoms with Crippen LogP contribution in [0.5, 0.6) is 0 Å². The van der Waals surface area contributed by atoms with Crippen molar-refractivity contribution in [3.05, 3.63) is 112 Å². The van der Waals surface area contributed by atoms with E-state index >= 15 is 0 Å². The van der Waals surface area contributed by atoms with Crippen molar-refractivity contribution in [2.24, 2.45) is 0 Å². The summed E-state index contributed by atoms with van der Waals surface area (Å²) < 4.78 is 7.26. The maximum absolute atomic E-state index is 14.3. The third-order valence-electron chi connectivity index (χ3n) is 7.74. The van der Waals surface area contributed by atoms with Crippen molar-refractivity contribution in [2.45, 2.75) is 52.3 Å². The lowest BCUT2D eigenvalue weighted by Crippen LogP contribution is -2.50. The van der Waals surface area contributed by atoms with E-state index in [-0.39, 0.29) is 23.6 Å². The molecule has 0 bridgehead atoms. The van der Waals surface area contributed by atoms with Crippen molar-refractivity contribution < 1.29 is 14.3 Å². The Hall–Kier alpha value is -4.43. The molecule has 1 aromatic heterocycles. The molecule has 2 heterocycles. The van der Waals surface area contributed by atoms with Gasteiger partial charge in [-0.2, -0.15) is 0 Å². The van der Waals surface area contributed by atoms with Crippen LogP contribution < -0.4 is 10.9 Å². The van der Waals surface area contributed by atoms with Gasteiger partial charge in [-0.25, -0.2) is 4.79 Å². The molecule has 1 aliphatic rings. The lowest BCUT2D eigenvalue weighted by Gasteiger charge is -2.36. The van der Waals surface area contributed by atoms with Gasteiger partial charge in [0.1, 0.15) is 5.60 Å². The first-order valence-electron chi connectivity index (χ1n) is 14.9. The highest BCUT2D eigenvalue weighted by Gasteiger charge is 2.29. The van der Waals surface area contributed by atoms with Gasteiger partial charge in [0, 0.05) is 49.2 Å². The van der Waals surface area contributed by atoms with Crippen molar-refractivity contribution >= 4 is 22.8 Å². The molecule has 8 heteroatoms. The van der Waals surface area contributed by atoms with Gasteiger partial charge in [0.15, 0.2) is 0 Å². The van der Waals surface area contributed by atoms with Crippen molar-refractivity contribution in [3.63, 3.8) is 0 Å². The summed E-state index contributed by atoms with van der Waals surface area (Å²) in [5, 5.41) is 4.38. The van der Waals surface area contributed by atoms with Crippen LogP contribution in [0.4, 0.5) is 4.79 Å². The fourth-order valence-electron chi connectivity index (χ4n) is 5.61. The van der Waals surface area contributed by atoms with Gasteiger partial charge in [-0.3, -0.25) is 19.1 Å². The number of fused-ring (bicyclic) bond motifs is 1. The molecule has 4 aromatic rings. The summed E-state index contributed by atoms with van der Waals surface area (Å²) in [7, 11) is 0. The molecule has 8 nitrogen and oxygen atoms in total. The number of rotatable bonds is 7. The molecule has 1 saturated heterocycles. The Morgan fingerprint density at radius 1 is 0.837 bits per heavy atom. The molecule has 0 saturated carbocycles. The summed E-state index contributed by atoms with van der Waals surface area (Å²) in [4.78, 5) is 45.0. The number of pyridine rings is 1. The van der Waals surface area contributed by atoms with E-state index in [1.807, 2.05) is 107 Å². The number of aromatic nitrogens is 1. The van der Waals surface area contributed by atoms with E-state index < -0.39 is 5.60 Å². The number of amides is 2. The molecule has 0 radical (unpaired) electrons. The highest BCUT2D eigenvalue weighted by atomic mass is 16.6. The summed E-state index contributed by atoms with van der Waals surface area (Å²) in [6.07, 6.45) is 0.388. The molecule has 1 unspecified atom stereocenters. The van der Waals surface area contributed by atoms with Crippen molar-refractivity contribution in [3.8, 4) is 5.69 Å². The molecule has 1 atom stereocenters. The minimum absolute atomic E-state index is 0.171. The van der Waals surface area contributed by atoms with Gasteiger partial charge < -0.3 is 15.0 Å². The van der Waals surface area contributed by atoms with E-state index in [1.165, 1.54) is 0 Å². The van der Waals surface area contributed by atoms with Crippen molar-refractivity contribution in [1.82, 2.24) is 19.7 Å². The molecule has 1 aliphatic heterocycles. The first-order chi connectivity index (χ1) is 20.7. The monoisotopic (exact) mass is 580 g/mol. The largest absolute Gasteiger partial charge is 0.444 e. The number of para-hydroxylation sites is 1. The molecular weight excluding hydrogens is 540 g/mol. The highest BCUT2D eigenvalue weighted by Crippen LogP contribution is 2.26. The standard InChI is InChI=1S/C35H40N4O4/c1-5-29(25-14-8-6-9-15-25)36-32(40)31-27-18-12-13-19-28(27)33(41)39(26-16-10-7-11-17-26)30(31)24-37-20-22-38(23-21-37)34(42)43-35(2,3)4/h6-19,29H,5,20-24H2,1-4H3,(H,36,40). The van der Waals surface area contributed by atoms with Gasteiger partial charge in [-0.05, 0) is 51.0 Å². The van der Waals surface area contributed by atoms with Gasteiger partial charge in [-0.1, -0.05) is 73.7 Å². The quantitative estimate of drug-likeness (QED) is 0.293. The number of nitrogens with one attached hydrogen (secondary N) is 1. The van der Waals surface area contributed by atoms with Gasteiger partial charge in [0.05, 0.1) is 17.3 Å². The Morgan fingerprint density at radius 2 is 1.42 bits per heavy atom. The molecule has 3 aromatic carbocycles. The Balaban J connectivity index is 1.56. The third kappa shape index (κ3) is 6.81. The minimum Gasteiger partial charge on any atom is -0.444 e. The molecule has 0 aliphatic carbocycles. The van der Waals surface area contributed by atoms with E-state index in [1.54, 1.807) is 15.5 Å². The van der Waals surface area contributed by atoms with Crippen LogP contribution in [0.1, 0.15) is 61.8 Å². The topological polar surface area (TPSA) is 83.9 Å². The zero-order chi connectivity index (χ0) is 30.6. The normalized spacial score (nSPS) is 14.8. The molecule has 1 N–H and O–H groups in total. The molecule has 2 amide bonds. The number of carbonyl (C=O) groups is 2. The van der Waals surface area contributed by atoms with Gasteiger partial charge in [0.25, 0.3) is 11.5 Å². The van der Waals surface area contributed by atoms with Crippen LogP contribution in [0.25, 0.3) is 16.5 Å². The van der Waals surface area contributed by atoms with Crippen LogP contribution in [0.2, 0.25) is 0 Å². The van der Waals surface area contributed by atoms with Crippen LogP contribution in [0.15, 0.2) is 89.7 Å². The average molecular weight is 581 g/mol. The lowest BCUT2D eigenvalue weighted by atomic mass is 9.99. The third-order valence-corrected chi connectivity index (χ3v) is 7.74. The Kier molecular flexibility index (Phi) is 8.97. The second-order valence-electron chi connectivity index (χ2n) is 11.9. The smallest absolute Gasteiger partial charge is 0.410 e. The number of carbonyl (C=O) groups excluding carboxylic acids is 2. The SMILES string of the molecule is CCC(NC(=O)c1c(CN2CCN(C(=O)OC(C)(C)C)CC2)n(-c2ccccc2)c(=O)c2ccccc12)c1ccccc1. The van der Waals surface area contributed by atoms with Gasteiger partial charge >= 0.3 is 6.09 Å². The van der Waals surface area contributed by atoms with Gasteiger partial charge in [-0.15, -0.1) is 0 Å². The van der Waals surface area contributed by atoms with Crippen LogP contribution in [-0.4, -0.2) is 58.1 Å². The van der Waals surface area contributed by atoms with E-state index in [2.05, 4.69) is 10.2 Å². The van der Waals surface area contributed by atoms with Crippen molar-refractivity contribution in [2.75, 3.05) is 26.2 Å². The van der Waals surface area contributed by atoms with Gasteiger partial charge in [0.2, 0.25) is 0 Å². The fourth-order valence-corrected chi connectivity index (χ4v) is 5.61. The minimum atomic E-state index is -0.566. The van der Waals surface area contributed by atoms with Crippen LogP contribution in [0.3, 0.4) is 0 Å². The van der Waals surface area contributed by atoms with E-state index in [4.69, 9.17) is 4.74 Å². The maximum Gasteiger partial charge on any atom is 0.410 e. The number of piperazine rings is 1. The van der Waals surface area contributed by atoms with Crippen LogP contribution in [0, 0.1) is 0 Å². The number of hydrogen-bond acceptors (Lipinski definition) is 5. The zero-order valence-electron chi connectivity index (χ0n) is 25.4. The molecular formula is C35H40N4O4. The summed E-state index contributed by atoms with van der Waals surface area (Å²) in [5.41, 5.74) is 2.10. The number of ether oxygens (including phenoxy) is 1. The number of hydrogen-bond donors (Lipinski definition) is 1. The predicted molar refractivity (Wildman–Crippen MR) is 170 cm³/mol. The Bertz CT molecular complexity index is 1640. The van der Waals surface area contributed by atoms with E-state index in [0.29, 0.717) is 66.9 Å².